The normalized spacial score (nSPS) is 12.0. The molecule has 0 aliphatic rings. The van der Waals surface area contributed by atoms with Gasteiger partial charge in [0.25, 0.3) is 5.91 Å². The van der Waals surface area contributed by atoms with Gasteiger partial charge in [-0.05, 0) is 56.7 Å². The second-order valence-electron chi connectivity index (χ2n) is 7.31. The number of phenolic OH excluding ortho intramolecular Hbond substituents is 1. The first-order chi connectivity index (χ1) is 13.5. The van der Waals surface area contributed by atoms with Crippen LogP contribution in [-0.4, -0.2) is 28.7 Å². The Kier molecular flexibility index (Phi) is 7.59. The standard InChI is InChI=1S/C20H23Cl2N3O4/c1-20(2,3)29-19(28)23-17(10-12-4-7-14(26)8-5-12)18(27)25-24-16-11-13(21)6-9-15(16)22/h4-9,11,17,24,26H,10H2,1-3H3,(H,23,28)(H,25,27). The van der Waals surface area contributed by atoms with E-state index in [1.165, 1.54) is 12.1 Å². The van der Waals surface area contributed by atoms with Crippen molar-refractivity contribution >= 4 is 40.9 Å². The first-order valence-corrected chi connectivity index (χ1v) is 9.57. The molecule has 4 N–H and O–H groups in total. The third-order valence-corrected chi connectivity index (χ3v) is 4.20. The van der Waals surface area contributed by atoms with Crippen LogP contribution < -0.4 is 16.2 Å². The summed E-state index contributed by atoms with van der Waals surface area (Å²) >= 11 is 12.0. The van der Waals surface area contributed by atoms with Crippen molar-refractivity contribution in [1.29, 1.82) is 0 Å². The van der Waals surface area contributed by atoms with E-state index >= 15 is 0 Å². The van der Waals surface area contributed by atoms with E-state index in [2.05, 4.69) is 16.2 Å². The van der Waals surface area contributed by atoms with E-state index in [4.69, 9.17) is 27.9 Å². The molecule has 2 amide bonds. The lowest BCUT2D eigenvalue weighted by molar-refractivity contribution is -0.122. The summed E-state index contributed by atoms with van der Waals surface area (Å²) in [6, 6.07) is 10.1. The summed E-state index contributed by atoms with van der Waals surface area (Å²) in [6.07, 6.45) is -0.548. The summed E-state index contributed by atoms with van der Waals surface area (Å²) in [7, 11) is 0. The Balaban J connectivity index is 2.11. The van der Waals surface area contributed by atoms with Gasteiger partial charge in [0.1, 0.15) is 17.4 Å². The van der Waals surface area contributed by atoms with Crippen LogP contribution in [0.15, 0.2) is 42.5 Å². The lowest BCUT2D eigenvalue weighted by atomic mass is 10.1. The van der Waals surface area contributed by atoms with Crippen molar-refractivity contribution in [3.63, 3.8) is 0 Å². The Morgan fingerprint density at radius 2 is 1.76 bits per heavy atom. The molecule has 1 unspecified atom stereocenters. The van der Waals surface area contributed by atoms with Gasteiger partial charge in [0.15, 0.2) is 0 Å². The minimum absolute atomic E-state index is 0.104. The van der Waals surface area contributed by atoms with Crippen molar-refractivity contribution in [3.05, 3.63) is 58.1 Å². The zero-order chi connectivity index (χ0) is 21.6. The van der Waals surface area contributed by atoms with Gasteiger partial charge in [-0.15, -0.1) is 0 Å². The van der Waals surface area contributed by atoms with Crippen LogP contribution in [0.2, 0.25) is 10.0 Å². The van der Waals surface area contributed by atoms with Crippen molar-refractivity contribution < 1.29 is 19.4 Å². The molecule has 2 aromatic carbocycles. The maximum absolute atomic E-state index is 12.7. The smallest absolute Gasteiger partial charge is 0.408 e. The van der Waals surface area contributed by atoms with Gasteiger partial charge < -0.3 is 15.2 Å². The summed E-state index contributed by atoms with van der Waals surface area (Å²) in [5, 5.41) is 12.8. The molecule has 0 fully saturated rings. The first kappa shape index (κ1) is 22.6. The molecule has 0 bridgehead atoms. The van der Waals surface area contributed by atoms with Crippen molar-refractivity contribution in [1.82, 2.24) is 10.7 Å². The number of carbonyl (C=O) groups is 2. The van der Waals surface area contributed by atoms with E-state index in [1.54, 1.807) is 51.1 Å². The van der Waals surface area contributed by atoms with Gasteiger partial charge in [-0.25, -0.2) is 4.79 Å². The van der Waals surface area contributed by atoms with Gasteiger partial charge in [0.05, 0.1) is 10.7 Å². The summed E-state index contributed by atoms with van der Waals surface area (Å²) in [5.74, 6) is -0.410. The third kappa shape index (κ3) is 7.71. The second-order valence-corrected chi connectivity index (χ2v) is 8.15. The van der Waals surface area contributed by atoms with E-state index in [9.17, 15) is 14.7 Å². The van der Waals surface area contributed by atoms with E-state index in [1.807, 2.05) is 0 Å². The Labute approximate surface area is 179 Å². The van der Waals surface area contributed by atoms with E-state index in [0.717, 1.165) is 5.56 Å². The van der Waals surface area contributed by atoms with Crippen LogP contribution in [0.4, 0.5) is 10.5 Å². The van der Waals surface area contributed by atoms with Crippen LogP contribution in [0.3, 0.4) is 0 Å². The lowest BCUT2D eigenvalue weighted by Crippen LogP contribution is -2.50. The highest BCUT2D eigenvalue weighted by Gasteiger charge is 2.25. The van der Waals surface area contributed by atoms with E-state index < -0.39 is 23.6 Å². The van der Waals surface area contributed by atoms with Crippen LogP contribution >= 0.6 is 23.2 Å². The molecule has 0 saturated heterocycles. The van der Waals surface area contributed by atoms with Crippen molar-refractivity contribution in [2.45, 2.75) is 38.8 Å². The Hall–Kier alpha value is -2.64. The second kappa shape index (κ2) is 9.71. The van der Waals surface area contributed by atoms with E-state index in [0.29, 0.717) is 15.7 Å². The summed E-state index contributed by atoms with van der Waals surface area (Å²) in [5.41, 5.74) is 5.65. The highest BCUT2D eigenvalue weighted by Crippen LogP contribution is 2.24. The number of anilines is 1. The predicted molar refractivity (Wildman–Crippen MR) is 113 cm³/mol. The van der Waals surface area contributed by atoms with Gasteiger partial charge in [0, 0.05) is 11.4 Å². The number of hydrazine groups is 1. The molecule has 0 spiro atoms. The number of nitrogens with one attached hydrogen (secondary N) is 3. The number of amides is 2. The highest BCUT2D eigenvalue weighted by atomic mass is 35.5. The third-order valence-electron chi connectivity index (χ3n) is 3.63. The quantitative estimate of drug-likeness (QED) is 0.503. The number of benzene rings is 2. The molecule has 7 nitrogen and oxygen atoms in total. The molecule has 156 valence electrons. The van der Waals surface area contributed by atoms with Gasteiger partial charge in [-0.1, -0.05) is 35.3 Å². The lowest BCUT2D eigenvalue weighted by Gasteiger charge is -2.23. The number of ether oxygens (including phenoxy) is 1. The zero-order valence-corrected chi connectivity index (χ0v) is 17.8. The van der Waals surface area contributed by atoms with Gasteiger partial charge in [-0.2, -0.15) is 0 Å². The summed E-state index contributed by atoms with van der Waals surface area (Å²) in [4.78, 5) is 24.9. The molecule has 29 heavy (non-hydrogen) atoms. The molecule has 2 aromatic rings. The number of carbonyl (C=O) groups excluding carboxylic acids is 2. The van der Waals surface area contributed by atoms with Crippen LogP contribution in [0.5, 0.6) is 5.75 Å². The largest absolute Gasteiger partial charge is 0.508 e. The minimum atomic E-state index is -0.945. The minimum Gasteiger partial charge on any atom is -0.508 e. The van der Waals surface area contributed by atoms with Crippen LogP contribution in [0, 0.1) is 0 Å². The molecule has 9 heteroatoms. The van der Waals surface area contributed by atoms with Gasteiger partial charge in [0.2, 0.25) is 0 Å². The number of phenols is 1. The molecule has 1 atom stereocenters. The Bertz CT molecular complexity index is 867. The molecular weight excluding hydrogens is 417 g/mol. The molecule has 0 aliphatic carbocycles. The van der Waals surface area contributed by atoms with Gasteiger partial charge >= 0.3 is 6.09 Å². The number of hydrogen-bond acceptors (Lipinski definition) is 5. The average Bonchev–Trinajstić information content (AvgIpc) is 2.62. The molecule has 0 aliphatic heterocycles. The van der Waals surface area contributed by atoms with Gasteiger partial charge in [-0.3, -0.25) is 15.6 Å². The maximum atomic E-state index is 12.7. The van der Waals surface area contributed by atoms with Crippen LogP contribution in [-0.2, 0) is 16.0 Å². The monoisotopic (exact) mass is 439 g/mol. The first-order valence-electron chi connectivity index (χ1n) is 8.82. The summed E-state index contributed by atoms with van der Waals surface area (Å²) < 4.78 is 5.24. The number of alkyl carbamates (subject to hydrolysis) is 1. The average molecular weight is 440 g/mol. The predicted octanol–water partition coefficient (Wildman–Crippen LogP) is 4.28. The number of aromatic hydroxyl groups is 1. The number of halogens is 2. The Morgan fingerprint density at radius 3 is 2.38 bits per heavy atom. The molecule has 0 aromatic heterocycles. The topological polar surface area (TPSA) is 99.7 Å². The van der Waals surface area contributed by atoms with Crippen LogP contribution in [0.1, 0.15) is 26.3 Å². The number of rotatable bonds is 6. The number of hydrogen-bond donors (Lipinski definition) is 4. The van der Waals surface area contributed by atoms with Crippen molar-refractivity contribution in [3.8, 4) is 5.75 Å². The fraction of sp³-hybridized carbons (Fsp3) is 0.300. The zero-order valence-electron chi connectivity index (χ0n) is 16.3. The molecule has 0 radical (unpaired) electrons. The SMILES string of the molecule is CC(C)(C)OC(=O)NC(Cc1ccc(O)cc1)C(=O)NNc1cc(Cl)ccc1Cl. The molecule has 0 saturated carbocycles. The maximum Gasteiger partial charge on any atom is 0.408 e. The fourth-order valence-corrected chi connectivity index (χ4v) is 2.67. The highest BCUT2D eigenvalue weighted by molar-refractivity contribution is 6.35. The molecule has 0 heterocycles. The molecular formula is C20H23Cl2N3O4. The summed E-state index contributed by atoms with van der Waals surface area (Å²) in [6.45, 7) is 5.18. The van der Waals surface area contributed by atoms with Crippen LogP contribution in [0.25, 0.3) is 0 Å². The Morgan fingerprint density at radius 1 is 1.10 bits per heavy atom. The van der Waals surface area contributed by atoms with E-state index in [-0.39, 0.29) is 12.2 Å². The van der Waals surface area contributed by atoms with Crippen molar-refractivity contribution in [2.24, 2.45) is 0 Å². The van der Waals surface area contributed by atoms with Crippen molar-refractivity contribution in [2.75, 3.05) is 5.43 Å². The molecule has 2 rings (SSSR count). The fourth-order valence-electron chi connectivity index (χ4n) is 2.34.